The second-order valence-electron chi connectivity index (χ2n) is 5.56. The van der Waals surface area contributed by atoms with Crippen LogP contribution in [0.4, 0.5) is 5.82 Å². The number of aromatic nitrogens is 1. The number of nitrogens with one attached hydrogen (secondary N) is 2. The molecule has 0 aliphatic heterocycles. The summed E-state index contributed by atoms with van der Waals surface area (Å²) >= 11 is 1.20. The maximum absolute atomic E-state index is 12.1. The maximum Gasteiger partial charge on any atom is 0.289 e. The molecule has 1 aromatic rings. The van der Waals surface area contributed by atoms with E-state index in [0.29, 0.717) is 10.6 Å². The predicted octanol–water partition coefficient (Wildman–Crippen LogP) is 1.22. The highest BCUT2D eigenvalue weighted by Crippen LogP contribution is 2.24. The number of nitriles is 2. The van der Waals surface area contributed by atoms with Crippen LogP contribution in [0, 0.1) is 22.7 Å². The number of pyridine rings is 1. The summed E-state index contributed by atoms with van der Waals surface area (Å²) in [5.74, 6) is 0.0511. The molecular formula is C14H18N5OS+. The third-order valence-corrected chi connectivity index (χ3v) is 3.60. The third-order valence-electron chi connectivity index (χ3n) is 2.47. The van der Waals surface area contributed by atoms with Crippen molar-refractivity contribution < 1.29 is 9.78 Å². The quantitative estimate of drug-likeness (QED) is 0.814. The average molecular weight is 304 g/mol. The molecule has 0 radical (unpaired) electrons. The van der Waals surface area contributed by atoms with Gasteiger partial charge in [-0.3, -0.25) is 10.5 Å². The van der Waals surface area contributed by atoms with Gasteiger partial charge < -0.3 is 5.32 Å². The molecule has 0 aliphatic carbocycles. The number of aromatic amines is 1. The van der Waals surface area contributed by atoms with Crippen LogP contribution in [0.2, 0.25) is 0 Å². The average Bonchev–Trinajstić information content (AvgIpc) is 2.37. The summed E-state index contributed by atoms with van der Waals surface area (Å²) in [4.78, 5) is 14.9. The number of carbonyl (C=O) groups excluding carboxylic acids is 1. The van der Waals surface area contributed by atoms with Gasteiger partial charge in [0.05, 0.1) is 5.25 Å². The van der Waals surface area contributed by atoms with Crippen molar-refractivity contribution in [3.8, 4) is 12.1 Å². The SMILES string of the molecule is C[C@@H](Sc1[nH+]c(N)c(C#N)cc1C#N)C(=O)NC(C)(C)C. The Labute approximate surface area is 128 Å². The Morgan fingerprint density at radius 3 is 2.43 bits per heavy atom. The monoisotopic (exact) mass is 304 g/mol. The van der Waals surface area contributed by atoms with Crippen molar-refractivity contribution in [2.75, 3.05) is 5.73 Å². The molecule has 7 heteroatoms. The molecule has 1 amide bonds. The number of carbonyl (C=O) groups is 1. The highest BCUT2D eigenvalue weighted by molar-refractivity contribution is 8.00. The van der Waals surface area contributed by atoms with Gasteiger partial charge >= 0.3 is 0 Å². The standard InChI is InChI=1S/C14H17N5OS/c1-8(12(20)19-14(2,3)4)21-13-10(7-16)5-9(6-15)11(17)18-13/h5,8H,1-4H3,(H2,17,18)(H,19,20)/p+1/t8-/m1/s1. The van der Waals surface area contributed by atoms with Crippen molar-refractivity contribution in [3.63, 3.8) is 0 Å². The molecule has 6 nitrogen and oxygen atoms in total. The van der Waals surface area contributed by atoms with E-state index in [1.165, 1.54) is 17.8 Å². The van der Waals surface area contributed by atoms with Crippen molar-refractivity contribution in [1.29, 1.82) is 10.5 Å². The molecule has 110 valence electrons. The van der Waals surface area contributed by atoms with Gasteiger partial charge in [0.25, 0.3) is 5.82 Å². The molecule has 0 unspecified atom stereocenters. The van der Waals surface area contributed by atoms with E-state index in [-0.39, 0.29) is 22.8 Å². The summed E-state index contributed by atoms with van der Waals surface area (Å²) < 4.78 is 0. The van der Waals surface area contributed by atoms with Crippen molar-refractivity contribution in [2.24, 2.45) is 0 Å². The van der Waals surface area contributed by atoms with E-state index in [9.17, 15) is 4.79 Å². The van der Waals surface area contributed by atoms with Crippen LogP contribution in [0.5, 0.6) is 0 Å². The Hall–Kier alpha value is -2.25. The van der Waals surface area contributed by atoms with Crippen LogP contribution in [0.3, 0.4) is 0 Å². The molecule has 1 aromatic heterocycles. The van der Waals surface area contributed by atoms with Gasteiger partial charge in [0, 0.05) is 5.54 Å². The molecule has 0 aliphatic rings. The lowest BCUT2D eigenvalue weighted by Crippen LogP contribution is -2.44. The normalized spacial score (nSPS) is 12.1. The Morgan fingerprint density at radius 1 is 1.38 bits per heavy atom. The van der Waals surface area contributed by atoms with E-state index in [0.717, 1.165) is 0 Å². The lowest BCUT2D eigenvalue weighted by Gasteiger charge is -2.22. The van der Waals surface area contributed by atoms with Gasteiger partial charge in [0.2, 0.25) is 5.91 Å². The van der Waals surface area contributed by atoms with E-state index in [1.807, 2.05) is 32.9 Å². The first-order valence-corrected chi connectivity index (χ1v) is 7.20. The number of nitrogens with two attached hydrogens (primary N) is 1. The number of thioether (sulfide) groups is 1. The zero-order valence-electron chi connectivity index (χ0n) is 12.4. The molecule has 1 rings (SSSR count). The molecule has 21 heavy (non-hydrogen) atoms. The summed E-state index contributed by atoms with van der Waals surface area (Å²) in [5, 5.41) is 21.0. The number of anilines is 1. The Kier molecular flexibility index (Phi) is 5.17. The van der Waals surface area contributed by atoms with Crippen LogP contribution in [0.15, 0.2) is 11.1 Å². The highest BCUT2D eigenvalue weighted by Gasteiger charge is 2.23. The van der Waals surface area contributed by atoms with E-state index in [4.69, 9.17) is 16.3 Å². The number of hydrogen-bond donors (Lipinski definition) is 2. The number of nitrogens with zero attached hydrogens (tertiary/aromatic N) is 2. The summed E-state index contributed by atoms with van der Waals surface area (Å²) in [6.07, 6.45) is 0. The fourth-order valence-electron chi connectivity index (χ4n) is 1.51. The van der Waals surface area contributed by atoms with Gasteiger partial charge in [-0.1, -0.05) is 11.8 Å². The first-order chi connectivity index (χ1) is 9.67. The second kappa shape index (κ2) is 6.47. The van der Waals surface area contributed by atoms with Crippen LogP contribution in [-0.4, -0.2) is 16.7 Å². The Morgan fingerprint density at radius 2 is 1.95 bits per heavy atom. The van der Waals surface area contributed by atoms with Gasteiger partial charge in [0.15, 0.2) is 5.03 Å². The maximum atomic E-state index is 12.1. The molecular weight excluding hydrogens is 286 g/mol. The van der Waals surface area contributed by atoms with Gasteiger partial charge in [-0.2, -0.15) is 10.5 Å². The topological polar surface area (TPSA) is 117 Å². The van der Waals surface area contributed by atoms with Gasteiger partial charge in [-0.05, 0) is 33.8 Å². The minimum absolute atomic E-state index is 0.132. The number of amides is 1. The lowest BCUT2D eigenvalue weighted by atomic mass is 10.1. The fraction of sp³-hybridized carbons (Fsp3) is 0.429. The molecule has 0 fully saturated rings. The molecule has 1 atom stereocenters. The van der Waals surface area contributed by atoms with Crippen molar-refractivity contribution in [3.05, 3.63) is 17.2 Å². The summed E-state index contributed by atoms with van der Waals surface area (Å²) in [7, 11) is 0. The molecule has 4 N–H and O–H groups in total. The first-order valence-electron chi connectivity index (χ1n) is 6.32. The minimum atomic E-state index is -0.403. The van der Waals surface area contributed by atoms with Crippen molar-refractivity contribution in [1.82, 2.24) is 5.32 Å². The van der Waals surface area contributed by atoms with Crippen LogP contribution in [-0.2, 0) is 4.79 Å². The number of H-pyrrole nitrogens is 1. The van der Waals surface area contributed by atoms with Crippen molar-refractivity contribution >= 4 is 23.5 Å². The molecule has 1 heterocycles. The van der Waals surface area contributed by atoms with E-state index >= 15 is 0 Å². The molecule has 0 spiro atoms. The Balaban J connectivity index is 2.98. The highest BCUT2D eigenvalue weighted by atomic mass is 32.2. The number of nitrogen functional groups attached to an aromatic ring is 1. The minimum Gasteiger partial charge on any atom is -0.351 e. The van der Waals surface area contributed by atoms with E-state index < -0.39 is 5.25 Å². The summed E-state index contributed by atoms with van der Waals surface area (Å²) in [5.41, 5.74) is 5.89. The molecule has 0 bridgehead atoms. The lowest BCUT2D eigenvalue weighted by molar-refractivity contribution is -0.410. The Bertz CT molecular complexity index is 636. The van der Waals surface area contributed by atoms with E-state index in [1.54, 1.807) is 6.92 Å². The fourth-order valence-corrected chi connectivity index (χ4v) is 2.43. The van der Waals surface area contributed by atoms with Gasteiger partial charge in [0.1, 0.15) is 23.3 Å². The summed E-state index contributed by atoms with van der Waals surface area (Å²) in [6, 6.07) is 5.33. The van der Waals surface area contributed by atoms with Crippen molar-refractivity contribution in [2.45, 2.75) is 43.5 Å². The second-order valence-corrected chi connectivity index (χ2v) is 6.91. The number of rotatable bonds is 3. The zero-order chi connectivity index (χ0) is 16.2. The predicted molar refractivity (Wildman–Crippen MR) is 80.1 cm³/mol. The summed E-state index contributed by atoms with van der Waals surface area (Å²) in [6.45, 7) is 7.44. The zero-order valence-corrected chi connectivity index (χ0v) is 13.3. The van der Waals surface area contributed by atoms with Crippen LogP contribution >= 0.6 is 11.8 Å². The largest absolute Gasteiger partial charge is 0.351 e. The first kappa shape index (κ1) is 16.8. The molecule has 0 aromatic carbocycles. The molecule has 0 saturated heterocycles. The third kappa shape index (κ3) is 4.66. The molecule has 0 saturated carbocycles. The van der Waals surface area contributed by atoms with Crippen LogP contribution < -0.4 is 16.0 Å². The van der Waals surface area contributed by atoms with Gasteiger partial charge in [-0.25, -0.2) is 4.98 Å². The number of hydrogen-bond acceptors (Lipinski definition) is 5. The van der Waals surface area contributed by atoms with Crippen LogP contribution in [0.1, 0.15) is 38.8 Å². The van der Waals surface area contributed by atoms with Gasteiger partial charge in [-0.15, -0.1) is 0 Å². The van der Waals surface area contributed by atoms with E-state index in [2.05, 4.69) is 10.3 Å². The smallest absolute Gasteiger partial charge is 0.289 e. The van der Waals surface area contributed by atoms with Crippen LogP contribution in [0.25, 0.3) is 0 Å².